The SMILES string of the molecule is CCOC(=O)[C@H](Cc1ccccc1)Oc1ccc(-c2ccccc2C)c(C)c1. The first-order valence-corrected chi connectivity index (χ1v) is 9.62. The van der Waals surface area contributed by atoms with Crippen LogP contribution < -0.4 is 4.74 Å². The zero-order valence-corrected chi connectivity index (χ0v) is 16.6. The summed E-state index contributed by atoms with van der Waals surface area (Å²) in [5.41, 5.74) is 5.75. The number of hydrogen-bond acceptors (Lipinski definition) is 3. The Morgan fingerprint density at radius 2 is 1.54 bits per heavy atom. The van der Waals surface area contributed by atoms with Crippen LogP contribution in [-0.4, -0.2) is 18.7 Å². The van der Waals surface area contributed by atoms with Gasteiger partial charge in [0.1, 0.15) is 5.75 Å². The molecule has 0 aliphatic rings. The summed E-state index contributed by atoms with van der Waals surface area (Å²) < 4.78 is 11.3. The molecule has 3 rings (SSSR count). The Balaban J connectivity index is 1.83. The fraction of sp³-hybridized carbons (Fsp3) is 0.240. The number of hydrogen-bond donors (Lipinski definition) is 0. The Labute approximate surface area is 166 Å². The summed E-state index contributed by atoms with van der Waals surface area (Å²) in [6, 6.07) is 24.1. The first-order valence-electron chi connectivity index (χ1n) is 9.62. The lowest BCUT2D eigenvalue weighted by molar-refractivity contribution is -0.151. The minimum Gasteiger partial charge on any atom is -0.478 e. The van der Waals surface area contributed by atoms with Crippen LogP contribution in [0, 0.1) is 13.8 Å². The molecule has 144 valence electrons. The highest BCUT2D eigenvalue weighted by molar-refractivity contribution is 5.76. The van der Waals surface area contributed by atoms with Crippen molar-refractivity contribution in [3.05, 3.63) is 89.5 Å². The molecule has 1 atom stereocenters. The number of benzene rings is 3. The van der Waals surface area contributed by atoms with E-state index in [2.05, 4.69) is 32.0 Å². The summed E-state index contributed by atoms with van der Waals surface area (Å²) in [5.74, 6) is 0.329. The summed E-state index contributed by atoms with van der Waals surface area (Å²) in [7, 11) is 0. The summed E-state index contributed by atoms with van der Waals surface area (Å²) in [4.78, 5) is 12.4. The molecule has 0 radical (unpaired) electrons. The maximum atomic E-state index is 12.4. The zero-order chi connectivity index (χ0) is 19.9. The van der Waals surface area contributed by atoms with E-state index in [1.54, 1.807) is 6.92 Å². The summed E-state index contributed by atoms with van der Waals surface area (Å²) in [5, 5.41) is 0. The highest BCUT2D eigenvalue weighted by Crippen LogP contribution is 2.29. The molecular formula is C25H26O3. The first-order chi connectivity index (χ1) is 13.6. The van der Waals surface area contributed by atoms with Crippen LogP contribution in [0.25, 0.3) is 11.1 Å². The van der Waals surface area contributed by atoms with Crippen molar-refractivity contribution in [3.63, 3.8) is 0 Å². The minimum atomic E-state index is -0.675. The molecule has 0 aliphatic heterocycles. The third kappa shape index (κ3) is 4.80. The maximum absolute atomic E-state index is 12.4. The second-order valence-electron chi connectivity index (χ2n) is 6.84. The van der Waals surface area contributed by atoms with Gasteiger partial charge in [0.25, 0.3) is 0 Å². The summed E-state index contributed by atoms with van der Waals surface area (Å²) in [6.45, 7) is 6.30. The van der Waals surface area contributed by atoms with E-state index in [0.29, 0.717) is 18.8 Å². The van der Waals surface area contributed by atoms with Crippen molar-refractivity contribution in [1.82, 2.24) is 0 Å². The molecule has 0 amide bonds. The van der Waals surface area contributed by atoms with Gasteiger partial charge >= 0.3 is 5.97 Å². The van der Waals surface area contributed by atoms with Gasteiger partial charge in [-0.3, -0.25) is 0 Å². The van der Waals surface area contributed by atoms with Crippen molar-refractivity contribution in [2.24, 2.45) is 0 Å². The van der Waals surface area contributed by atoms with Crippen LogP contribution in [0.15, 0.2) is 72.8 Å². The number of aryl methyl sites for hydroxylation is 2. The molecule has 0 unspecified atom stereocenters. The van der Waals surface area contributed by atoms with Crippen LogP contribution in [0.5, 0.6) is 5.75 Å². The van der Waals surface area contributed by atoms with E-state index in [4.69, 9.17) is 9.47 Å². The molecular weight excluding hydrogens is 348 g/mol. The van der Waals surface area contributed by atoms with E-state index in [0.717, 1.165) is 11.1 Å². The molecule has 0 N–H and O–H groups in total. The largest absolute Gasteiger partial charge is 0.478 e. The third-order valence-electron chi connectivity index (χ3n) is 4.72. The quantitative estimate of drug-likeness (QED) is 0.511. The zero-order valence-electron chi connectivity index (χ0n) is 16.6. The van der Waals surface area contributed by atoms with Gasteiger partial charge in [0.15, 0.2) is 6.10 Å². The van der Waals surface area contributed by atoms with Gasteiger partial charge in [-0.05, 0) is 60.7 Å². The van der Waals surface area contributed by atoms with E-state index in [9.17, 15) is 4.79 Å². The third-order valence-corrected chi connectivity index (χ3v) is 4.72. The lowest BCUT2D eigenvalue weighted by Crippen LogP contribution is -2.31. The van der Waals surface area contributed by atoms with Gasteiger partial charge in [-0.15, -0.1) is 0 Å². The first kappa shape index (κ1) is 19.7. The van der Waals surface area contributed by atoms with E-state index in [-0.39, 0.29) is 5.97 Å². The predicted octanol–water partition coefficient (Wildman–Crippen LogP) is 5.52. The average Bonchev–Trinajstić information content (AvgIpc) is 2.69. The molecule has 0 bridgehead atoms. The van der Waals surface area contributed by atoms with Gasteiger partial charge in [-0.1, -0.05) is 60.7 Å². The van der Waals surface area contributed by atoms with Crippen molar-refractivity contribution in [2.75, 3.05) is 6.61 Å². The number of esters is 1. The van der Waals surface area contributed by atoms with Crippen LogP contribution >= 0.6 is 0 Å². The van der Waals surface area contributed by atoms with Gasteiger partial charge in [0.05, 0.1) is 6.61 Å². The van der Waals surface area contributed by atoms with E-state index in [1.165, 1.54) is 16.7 Å². The molecule has 0 spiro atoms. The molecule has 0 aromatic heterocycles. The van der Waals surface area contributed by atoms with Gasteiger partial charge in [-0.25, -0.2) is 4.79 Å². The summed E-state index contributed by atoms with van der Waals surface area (Å²) >= 11 is 0. The molecule has 3 aromatic rings. The van der Waals surface area contributed by atoms with Gasteiger partial charge in [0.2, 0.25) is 0 Å². The standard InChI is InChI=1S/C25H26O3/c1-4-27-25(26)24(17-20-11-6-5-7-12-20)28-21-14-15-23(19(3)16-21)22-13-9-8-10-18(22)2/h5-16,24H,4,17H2,1-3H3/t24-/m0/s1. The van der Waals surface area contributed by atoms with Crippen molar-refractivity contribution in [2.45, 2.75) is 33.3 Å². The summed E-state index contributed by atoms with van der Waals surface area (Å²) in [6.07, 6.45) is -0.204. The Morgan fingerprint density at radius 1 is 0.857 bits per heavy atom. The number of rotatable bonds is 7. The average molecular weight is 374 g/mol. The van der Waals surface area contributed by atoms with Gasteiger partial charge < -0.3 is 9.47 Å². The Morgan fingerprint density at radius 3 is 2.21 bits per heavy atom. The lowest BCUT2D eigenvalue weighted by atomic mass is 9.96. The molecule has 3 aromatic carbocycles. The fourth-order valence-electron chi connectivity index (χ4n) is 3.29. The molecule has 28 heavy (non-hydrogen) atoms. The number of carbonyl (C=O) groups excluding carboxylic acids is 1. The van der Waals surface area contributed by atoms with Crippen molar-refractivity contribution in [3.8, 4) is 16.9 Å². The van der Waals surface area contributed by atoms with E-state index >= 15 is 0 Å². The molecule has 3 nitrogen and oxygen atoms in total. The normalized spacial score (nSPS) is 11.7. The van der Waals surface area contributed by atoms with Crippen LogP contribution in [0.1, 0.15) is 23.6 Å². The predicted molar refractivity (Wildman–Crippen MR) is 113 cm³/mol. The molecule has 0 heterocycles. The second kappa shape index (κ2) is 9.23. The van der Waals surface area contributed by atoms with Crippen molar-refractivity contribution >= 4 is 5.97 Å². The maximum Gasteiger partial charge on any atom is 0.347 e. The van der Waals surface area contributed by atoms with Crippen molar-refractivity contribution < 1.29 is 14.3 Å². The Kier molecular flexibility index (Phi) is 6.49. The second-order valence-corrected chi connectivity index (χ2v) is 6.84. The highest BCUT2D eigenvalue weighted by Gasteiger charge is 2.22. The number of ether oxygens (including phenoxy) is 2. The molecule has 0 saturated heterocycles. The molecule has 0 aliphatic carbocycles. The lowest BCUT2D eigenvalue weighted by Gasteiger charge is -2.19. The minimum absolute atomic E-state index is 0.332. The van der Waals surface area contributed by atoms with Gasteiger partial charge in [0, 0.05) is 6.42 Å². The van der Waals surface area contributed by atoms with E-state index < -0.39 is 6.10 Å². The number of carbonyl (C=O) groups is 1. The molecule has 3 heteroatoms. The van der Waals surface area contributed by atoms with Crippen LogP contribution in [0.4, 0.5) is 0 Å². The van der Waals surface area contributed by atoms with Crippen LogP contribution in [0.3, 0.4) is 0 Å². The highest BCUT2D eigenvalue weighted by atomic mass is 16.6. The molecule has 0 saturated carbocycles. The molecule has 0 fully saturated rings. The Hall–Kier alpha value is -3.07. The van der Waals surface area contributed by atoms with Crippen LogP contribution in [0.2, 0.25) is 0 Å². The van der Waals surface area contributed by atoms with Crippen molar-refractivity contribution in [1.29, 1.82) is 0 Å². The monoisotopic (exact) mass is 374 g/mol. The van der Waals surface area contributed by atoms with Crippen LogP contribution in [-0.2, 0) is 16.0 Å². The van der Waals surface area contributed by atoms with E-state index in [1.807, 2.05) is 54.6 Å². The fourth-order valence-corrected chi connectivity index (χ4v) is 3.29. The smallest absolute Gasteiger partial charge is 0.347 e. The van der Waals surface area contributed by atoms with Gasteiger partial charge in [-0.2, -0.15) is 0 Å². The Bertz CT molecular complexity index is 932. The topological polar surface area (TPSA) is 35.5 Å².